The van der Waals surface area contributed by atoms with Crippen molar-refractivity contribution in [1.82, 2.24) is 4.90 Å². The zero-order chi connectivity index (χ0) is 14.5. The van der Waals surface area contributed by atoms with Crippen molar-refractivity contribution in [3.63, 3.8) is 0 Å². The van der Waals surface area contributed by atoms with Crippen molar-refractivity contribution in [3.8, 4) is 0 Å². The van der Waals surface area contributed by atoms with Gasteiger partial charge in [0.1, 0.15) is 0 Å². The van der Waals surface area contributed by atoms with Crippen LogP contribution in [0.2, 0.25) is 5.02 Å². The minimum absolute atomic E-state index is 0.742. The summed E-state index contributed by atoms with van der Waals surface area (Å²) in [5.74, 6) is 0. The summed E-state index contributed by atoms with van der Waals surface area (Å²) in [5, 5.41) is 4.22. The molecule has 2 rings (SSSR count). The van der Waals surface area contributed by atoms with Crippen LogP contribution < -0.4 is 5.32 Å². The van der Waals surface area contributed by atoms with Crippen LogP contribution in [-0.4, -0.2) is 19.0 Å². The molecule has 0 spiro atoms. The number of halogens is 2. The second-order valence-corrected chi connectivity index (χ2v) is 6.26. The Labute approximate surface area is 133 Å². The number of para-hydroxylation sites is 1. The first-order chi connectivity index (χ1) is 9.56. The Morgan fingerprint density at radius 3 is 2.60 bits per heavy atom. The largest absolute Gasteiger partial charge is 0.381 e. The SMILES string of the molecule is CN(C)Cc1ccccc1NCc1ccc(Br)c(Cl)c1. The monoisotopic (exact) mass is 352 g/mol. The van der Waals surface area contributed by atoms with Crippen molar-refractivity contribution in [2.24, 2.45) is 0 Å². The Morgan fingerprint density at radius 2 is 1.90 bits per heavy atom. The molecule has 0 bridgehead atoms. The quantitative estimate of drug-likeness (QED) is 0.832. The van der Waals surface area contributed by atoms with Crippen molar-refractivity contribution in [1.29, 1.82) is 0 Å². The van der Waals surface area contributed by atoms with Gasteiger partial charge in [-0.25, -0.2) is 0 Å². The van der Waals surface area contributed by atoms with E-state index >= 15 is 0 Å². The van der Waals surface area contributed by atoms with Crippen LogP contribution in [0.25, 0.3) is 0 Å². The molecule has 0 unspecified atom stereocenters. The molecule has 0 aromatic heterocycles. The number of hydrogen-bond donors (Lipinski definition) is 1. The van der Waals surface area contributed by atoms with Gasteiger partial charge in [0.05, 0.1) is 5.02 Å². The summed E-state index contributed by atoms with van der Waals surface area (Å²) in [4.78, 5) is 2.16. The summed E-state index contributed by atoms with van der Waals surface area (Å²) in [7, 11) is 4.15. The lowest BCUT2D eigenvalue weighted by molar-refractivity contribution is 0.403. The average molecular weight is 354 g/mol. The first-order valence-corrected chi connectivity index (χ1v) is 7.64. The van der Waals surface area contributed by atoms with Gasteiger partial charge in [-0.05, 0) is 59.4 Å². The van der Waals surface area contributed by atoms with E-state index in [1.54, 1.807) is 0 Å². The summed E-state index contributed by atoms with van der Waals surface area (Å²) in [5.41, 5.74) is 3.62. The van der Waals surface area contributed by atoms with Crippen LogP contribution in [0.3, 0.4) is 0 Å². The van der Waals surface area contributed by atoms with Gasteiger partial charge >= 0.3 is 0 Å². The highest BCUT2D eigenvalue weighted by molar-refractivity contribution is 9.10. The van der Waals surface area contributed by atoms with Crippen molar-refractivity contribution >= 4 is 33.2 Å². The molecule has 106 valence electrons. The Balaban J connectivity index is 2.08. The number of rotatable bonds is 5. The van der Waals surface area contributed by atoms with E-state index in [9.17, 15) is 0 Å². The molecule has 0 aliphatic carbocycles. The highest BCUT2D eigenvalue weighted by atomic mass is 79.9. The minimum atomic E-state index is 0.742. The standard InChI is InChI=1S/C16H18BrClN2/c1-20(2)11-13-5-3-4-6-16(13)19-10-12-7-8-14(17)15(18)9-12/h3-9,19H,10-11H2,1-2H3. The Kier molecular flexibility index (Phi) is 5.46. The van der Waals surface area contributed by atoms with Crippen LogP contribution in [0.15, 0.2) is 46.9 Å². The van der Waals surface area contributed by atoms with Crippen LogP contribution in [0.4, 0.5) is 5.69 Å². The van der Waals surface area contributed by atoms with Crippen molar-refractivity contribution < 1.29 is 0 Å². The third-order valence-electron chi connectivity index (χ3n) is 2.97. The molecule has 0 atom stereocenters. The van der Waals surface area contributed by atoms with Gasteiger partial charge in [-0.2, -0.15) is 0 Å². The summed E-state index contributed by atoms with van der Waals surface area (Å²) in [6.07, 6.45) is 0. The smallest absolute Gasteiger partial charge is 0.0551 e. The van der Waals surface area contributed by atoms with Gasteiger partial charge in [-0.15, -0.1) is 0 Å². The van der Waals surface area contributed by atoms with Gasteiger partial charge in [0, 0.05) is 23.2 Å². The molecule has 20 heavy (non-hydrogen) atoms. The van der Waals surface area contributed by atoms with Gasteiger partial charge in [0.15, 0.2) is 0 Å². The van der Waals surface area contributed by atoms with E-state index in [1.807, 2.05) is 12.1 Å². The Bertz CT molecular complexity index is 584. The number of nitrogens with one attached hydrogen (secondary N) is 1. The highest BCUT2D eigenvalue weighted by Crippen LogP contribution is 2.24. The first-order valence-electron chi connectivity index (χ1n) is 6.46. The molecule has 4 heteroatoms. The molecular weight excluding hydrogens is 336 g/mol. The maximum atomic E-state index is 6.11. The third-order valence-corrected chi connectivity index (χ3v) is 4.20. The predicted molar refractivity (Wildman–Crippen MR) is 90.3 cm³/mol. The molecule has 0 heterocycles. The number of nitrogens with zero attached hydrogens (tertiary/aromatic N) is 1. The normalized spacial score (nSPS) is 10.8. The maximum Gasteiger partial charge on any atom is 0.0551 e. The molecule has 0 saturated heterocycles. The lowest BCUT2D eigenvalue weighted by atomic mass is 10.1. The summed E-state index contributed by atoms with van der Waals surface area (Å²) < 4.78 is 0.927. The van der Waals surface area contributed by atoms with Gasteiger partial charge in [-0.1, -0.05) is 35.9 Å². The average Bonchev–Trinajstić information content (AvgIpc) is 2.41. The summed E-state index contributed by atoms with van der Waals surface area (Å²) in [6.45, 7) is 1.68. The lowest BCUT2D eigenvalue weighted by Gasteiger charge is -2.15. The van der Waals surface area contributed by atoms with E-state index in [0.29, 0.717) is 0 Å². The molecule has 2 aromatic carbocycles. The lowest BCUT2D eigenvalue weighted by Crippen LogP contribution is -2.12. The number of hydrogen-bond acceptors (Lipinski definition) is 2. The zero-order valence-electron chi connectivity index (χ0n) is 11.7. The van der Waals surface area contributed by atoms with E-state index in [1.165, 1.54) is 11.3 Å². The molecule has 0 fully saturated rings. The molecule has 0 aliphatic heterocycles. The third kappa shape index (κ3) is 4.23. The van der Waals surface area contributed by atoms with Crippen LogP contribution in [0.5, 0.6) is 0 Å². The zero-order valence-corrected chi connectivity index (χ0v) is 14.0. The predicted octanol–water partition coefficient (Wildman–Crippen LogP) is 4.78. The van der Waals surface area contributed by atoms with Crippen LogP contribution >= 0.6 is 27.5 Å². The van der Waals surface area contributed by atoms with Gasteiger partial charge in [0.25, 0.3) is 0 Å². The second-order valence-electron chi connectivity index (χ2n) is 5.00. The van der Waals surface area contributed by atoms with E-state index in [-0.39, 0.29) is 0 Å². The maximum absolute atomic E-state index is 6.11. The van der Waals surface area contributed by atoms with E-state index in [4.69, 9.17) is 11.6 Å². The number of anilines is 1. The highest BCUT2D eigenvalue weighted by Gasteiger charge is 2.04. The molecular formula is C16H18BrClN2. The van der Waals surface area contributed by atoms with Crippen molar-refractivity contribution in [2.75, 3.05) is 19.4 Å². The Morgan fingerprint density at radius 1 is 1.15 bits per heavy atom. The van der Waals surface area contributed by atoms with Gasteiger partial charge < -0.3 is 10.2 Å². The summed E-state index contributed by atoms with van der Waals surface area (Å²) >= 11 is 9.52. The fourth-order valence-electron chi connectivity index (χ4n) is 2.02. The molecule has 1 N–H and O–H groups in total. The molecule has 0 saturated carbocycles. The molecule has 0 aliphatic rings. The topological polar surface area (TPSA) is 15.3 Å². The summed E-state index contributed by atoms with van der Waals surface area (Å²) in [6, 6.07) is 14.4. The van der Waals surface area contributed by atoms with Crippen LogP contribution in [0, 0.1) is 0 Å². The van der Waals surface area contributed by atoms with Crippen LogP contribution in [-0.2, 0) is 13.1 Å². The van der Waals surface area contributed by atoms with E-state index < -0.39 is 0 Å². The Hall–Kier alpha value is -1.03. The second kappa shape index (κ2) is 7.11. The van der Waals surface area contributed by atoms with Crippen LogP contribution in [0.1, 0.15) is 11.1 Å². The van der Waals surface area contributed by atoms with Crippen molar-refractivity contribution in [3.05, 3.63) is 63.1 Å². The molecule has 2 nitrogen and oxygen atoms in total. The molecule has 0 amide bonds. The fourth-order valence-corrected chi connectivity index (χ4v) is 2.47. The molecule has 2 aromatic rings. The van der Waals surface area contributed by atoms with E-state index in [0.717, 1.165) is 28.1 Å². The van der Waals surface area contributed by atoms with Gasteiger partial charge in [0.2, 0.25) is 0 Å². The van der Waals surface area contributed by atoms with Gasteiger partial charge in [-0.3, -0.25) is 0 Å². The van der Waals surface area contributed by atoms with Crippen molar-refractivity contribution in [2.45, 2.75) is 13.1 Å². The molecule has 0 radical (unpaired) electrons. The van der Waals surface area contributed by atoms with E-state index in [2.05, 4.69) is 70.6 Å². The minimum Gasteiger partial charge on any atom is -0.381 e. The number of benzene rings is 2. The first kappa shape index (κ1) is 15.4. The fraction of sp³-hybridized carbons (Fsp3) is 0.250.